The lowest BCUT2D eigenvalue weighted by Gasteiger charge is -2.13. The third-order valence-electron chi connectivity index (χ3n) is 3.06. The van der Waals surface area contributed by atoms with Crippen molar-refractivity contribution in [3.05, 3.63) is 64.7 Å². The Morgan fingerprint density at radius 2 is 1.78 bits per heavy atom. The molecule has 2 amide bonds. The Hall–Kier alpha value is -2.18. The molecule has 2 aromatic carbocycles. The van der Waals surface area contributed by atoms with E-state index in [9.17, 15) is 18.7 Å². The molecule has 0 fully saturated rings. The van der Waals surface area contributed by atoms with Gasteiger partial charge in [0, 0.05) is 18.0 Å². The maximum Gasteiger partial charge on any atom is 0.319 e. The lowest BCUT2D eigenvalue weighted by Crippen LogP contribution is -2.36. The molecule has 0 radical (unpaired) electrons. The number of anilines is 1. The fourth-order valence-electron chi connectivity index (χ4n) is 1.99. The topological polar surface area (TPSA) is 61.4 Å². The van der Waals surface area contributed by atoms with Crippen LogP contribution < -0.4 is 10.6 Å². The Bertz CT molecular complexity index is 660. The highest BCUT2D eigenvalue weighted by molar-refractivity contribution is 6.30. The molecular formula is C16H15ClF2N2O2. The Kier molecular flexibility index (Phi) is 5.90. The van der Waals surface area contributed by atoms with Crippen molar-refractivity contribution in [2.45, 2.75) is 12.5 Å². The normalized spacial score (nSPS) is 11.8. The quantitative estimate of drug-likeness (QED) is 0.781. The van der Waals surface area contributed by atoms with E-state index in [2.05, 4.69) is 10.6 Å². The molecule has 0 aromatic heterocycles. The summed E-state index contributed by atoms with van der Waals surface area (Å²) >= 11 is 5.50. The average Bonchev–Trinajstić information content (AvgIpc) is 2.50. The standard InChI is InChI=1S/C16H15ClF2N2O2/c17-11-7-13(18)15(14(19)8-11)21-16(23)20-9-12(22)6-10-4-2-1-3-5-10/h1-5,7-8,12,22H,6,9H2,(H2,20,21,23). The molecule has 2 aromatic rings. The second kappa shape index (κ2) is 7.89. The van der Waals surface area contributed by atoms with Crippen LogP contribution in [0.5, 0.6) is 0 Å². The van der Waals surface area contributed by atoms with Crippen LogP contribution in [0.3, 0.4) is 0 Å². The van der Waals surface area contributed by atoms with Gasteiger partial charge < -0.3 is 15.7 Å². The highest BCUT2D eigenvalue weighted by Crippen LogP contribution is 2.23. The largest absolute Gasteiger partial charge is 0.391 e. The SMILES string of the molecule is O=C(NCC(O)Cc1ccccc1)Nc1c(F)cc(Cl)cc1F. The second-order valence-electron chi connectivity index (χ2n) is 4.92. The molecule has 0 aliphatic carbocycles. The van der Waals surface area contributed by atoms with Gasteiger partial charge in [-0.1, -0.05) is 41.9 Å². The van der Waals surface area contributed by atoms with Gasteiger partial charge in [0.15, 0.2) is 11.6 Å². The molecule has 0 bridgehead atoms. The van der Waals surface area contributed by atoms with Crippen molar-refractivity contribution >= 4 is 23.3 Å². The van der Waals surface area contributed by atoms with E-state index in [0.29, 0.717) is 6.42 Å². The van der Waals surface area contributed by atoms with Crippen LogP contribution in [-0.2, 0) is 6.42 Å². The van der Waals surface area contributed by atoms with Gasteiger partial charge in [0.1, 0.15) is 5.69 Å². The van der Waals surface area contributed by atoms with Crippen molar-refractivity contribution in [3.8, 4) is 0 Å². The Morgan fingerprint density at radius 3 is 2.39 bits per heavy atom. The Labute approximate surface area is 137 Å². The van der Waals surface area contributed by atoms with Gasteiger partial charge in [-0.3, -0.25) is 0 Å². The third-order valence-corrected chi connectivity index (χ3v) is 3.28. The molecule has 7 heteroatoms. The summed E-state index contributed by atoms with van der Waals surface area (Å²) < 4.78 is 27.1. The van der Waals surface area contributed by atoms with Crippen molar-refractivity contribution in [3.63, 3.8) is 0 Å². The molecule has 0 spiro atoms. The molecule has 0 saturated carbocycles. The number of aliphatic hydroxyl groups excluding tert-OH is 1. The first-order chi connectivity index (χ1) is 11.0. The maximum atomic E-state index is 13.5. The maximum absolute atomic E-state index is 13.5. The van der Waals surface area contributed by atoms with Crippen molar-refractivity contribution in [1.29, 1.82) is 0 Å². The molecule has 0 aliphatic heterocycles. The minimum atomic E-state index is -0.977. The van der Waals surface area contributed by atoms with Crippen molar-refractivity contribution < 1.29 is 18.7 Å². The van der Waals surface area contributed by atoms with Crippen molar-refractivity contribution in [2.24, 2.45) is 0 Å². The molecular weight excluding hydrogens is 326 g/mol. The number of aliphatic hydroxyl groups is 1. The van der Waals surface area contributed by atoms with Crippen LogP contribution in [0.2, 0.25) is 5.02 Å². The van der Waals surface area contributed by atoms with Gasteiger partial charge in [-0.15, -0.1) is 0 Å². The van der Waals surface area contributed by atoms with E-state index >= 15 is 0 Å². The average molecular weight is 341 g/mol. The lowest BCUT2D eigenvalue weighted by molar-refractivity contribution is 0.172. The van der Waals surface area contributed by atoms with Crippen molar-refractivity contribution in [1.82, 2.24) is 5.32 Å². The van der Waals surface area contributed by atoms with Crippen LogP contribution >= 0.6 is 11.6 Å². The summed E-state index contributed by atoms with van der Waals surface area (Å²) in [6.07, 6.45) is -0.465. The second-order valence-corrected chi connectivity index (χ2v) is 5.36. The molecule has 23 heavy (non-hydrogen) atoms. The smallest absolute Gasteiger partial charge is 0.319 e. The van der Waals surface area contributed by atoms with E-state index in [0.717, 1.165) is 17.7 Å². The van der Waals surface area contributed by atoms with Gasteiger partial charge >= 0.3 is 6.03 Å². The number of hydrogen-bond acceptors (Lipinski definition) is 2. The number of carbonyl (C=O) groups excluding carboxylic acids is 1. The fourth-order valence-corrected chi connectivity index (χ4v) is 2.18. The number of halogens is 3. The fraction of sp³-hybridized carbons (Fsp3) is 0.188. The summed E-state index contributed by atoms with van der Waals surface area (Å²) in [5.41, 5.74) is 0.321. The van der Waals surface area contributed by atoms with Crippen LogP contribution in [0, 0.1) is 11.6 Å². The summed E-state index contributed by atoms with van der Waals surface area (Å²) in [6, 6.07) is 10.2. The van der Waals surface area contributed by atoms with E-state index in [4.69, 9.17) is 11.6 Å². The number of rotatable bonds is 5. The van der Waals surface area contributed by atoms with Crippen LogP contribution in [0.25, 0.3) is 0 Å². The number of nitrogens with one attached hydrogen (secondary N) is 2. The number of amides is 2. The summed E-state index contributed by atoms with van der Waals surface area (Å²) in [5, 5.41) is 14.2. The zero-order valence-corrected chi connectivity index (χ0v) is 12.8. The number of carbonyl (C=O) groups is 1. The van der Waals surface area contributed by atoms with E-state index < -0.39 is 29.5 Å². The minimum absolute atomic E-state index is 0.0580. The predicted octanol–water partition coefficient (Wildman–Crippen LogP) is 3.34. The first-order valence-corrected chi connectivity index (χ1v) is 7.25. The van der Waals surface area contributed by atoms with Gasteiger partial charge in [-0.2, -0.15) is 0 Å². The number of benzene rings is 2. The van der Waals surface area contributed by atoms with Crippen molar-refractivity contribution in [2.75, 3.05) is 11.9 Å². The van der Waals surface area contributed by atoms with Gasteiger partial charge in [0.25, 0.3) is 0 Å². The third kappa shape index (κ3) is 5.19. The molecule has 122 valence electrons. The van der Waals surface area contributed by atoms with Gasteiger partial charge in [0.05, 0.1) is 6.10 Å². The van der Waals surface area contributed by atoms with E-state index in [-0.39, 0.29) is 11.6 Å². The van der Waals surface area contributed by atoms with Crippen LogP contribution in [-0.4, -0.2) is 23.8 Å². The lowest BCUT2D eigenvalue weighted by atomic mass is 10.1. The molecule has 3 N–H and O–H groups in total. The Morgan fingerprint density at radius 1 is 1.17 bits per heavy atom. The number of hydrogen-bond donors (Lipinski definition) is 3. The molecule has 0 aliphatic rings. The molecule has 2 rings (SSSR count). The van der Waals surface area contributed by atoms with E-state index in [1.165, 1.54) is 0 Å². The summed E-state index contributed by atoms with van der Waals surface area (Å²) in [5.74, 6) is -1.95. The molecule has 1 unspecified atom stereocenters. The highest BCUT2D eigenvalue weighted by atomic mass is 35.5. The van der Waals surface area contributed by atoms with Gasteiger partial charge in [-0.05, 0) is 17.7 Å². The zero-order valence-electron chi connectivity index (χ0n) is 12.0. The van der Waals surface area contributed by atoms with Crippen LogP contribution in [0.4, 0.5) is 19.3 Å². The first-order valence-electron chi connectivity index (χ1n) is 6.87. The first kappa shape index (κ1) is 17.2. The molecule has 0 saturated heterocycles. The van der Waals surface area contributed by atoms with Gasteiger partial charge in [-0.25, -0.2) is 13.6 Å². The summed E-state index contributed by atoms with van der Waals surface area (Å²) in [6.45, 7) is -0.0580. The minimum Gasteiger partial charge on any atom is -0.391 e. The Balaban J connectivity index is 1.86. The molecule has 4 nitrogen and oxygen atoms in total. The summed E-state index contributed by atoms with van der Waals surface area (Å²) in [7, 11) is 0. The van der Waals surface area contributed by atoms with Gasteiger partial charge in [0.2, 0.25) is 0 Å². The van der Waals surface area contributed by atoms with Crippen LogP contribution in [0.15, 0.2) is 42.5 Å². The van der Waals surface area contributed by atoms with Crippen LogP contribution in [0.1, 0.15) is 5.56 Å². The van der Waals surface area contributed by atoms with E-state index in [1.807, 2.05) is 30.3 Å². The molecule has 1 atom stereocenters. The van der Waals surface area contributed by atoms with E-state index in [1.54, 1.807) is 0 Å². The predicted molar refractivity (Wildman–Crippen MR) is 84.5 cm³/mol. The number of urea groups is 1. The highest BCUT2D eigenvalue weighted by Gasteiger charge is 2.14. The molecule has 0 heterocycles. The monoisotopic (exact) mass is 340 g/mol. The summed E-state index contributed by atoms with van der Waals surface area (Å²) in [4.78, 5) is 11.7. The zero-order chi connectivity index (χ0) is 16.8.